The molecule has 3 nitrogen and oxygen atoms in total. The lowest BCUT2D eigenvalue weighted by Gasteiger charge is -2.13. The summed E-state index contributed by atoms with van der Waals surface area (Å²) in [7, 11) is -1.59. The molecule has 0 unspecified atom stereocenters. The number of hydrogen-bond donors (Lipinski definition) is 0. The number of terminal acetylenes is 1. The molecule has 0 aliphatic heterocycles. The molecular weight excluding hydrogens is 174 g/mol. The van der Waals surface area contributed by atoms with Crippen LogP contribution in [0.4, 0.5) is 0 Å². The van der Waals surface area contributed by atoms with Gasteiger partial charge in [-0.1, -0.05) is 19.3 Å². The third kappa shape index (κ3) is 3.74. The highest BCUT2D eigenvalue weighted by Crippen LogP contribution is 2.00. The van der Waals surface area contributed by atoms with Crippen LogP contribution in [0.5, 0.6) is 0 Å². The normalized spacial score (nSPS) is 11.5. The SMILES string of the molecule is C#CCN(C)S(=O)(=O)CCCC. The number of nitrogens with zero attached hydrogens (tertiary/aromatic N) is 1. The van der Waals surface area contributed by atoms with Crippen LogP contribution in [-0.2, 0) is 10.0 Å². The van der Waals surface area contributed by atoms with Crippen LogP contribution in [0.2, 0.25) is 0 Å². The summed E-state index contributed by atoms with van der Waals surface area (Å²) in [6.07, 6.45) is 6.57. The summed E-state index contributed by atoms with van der Waals surface area (Å²) in [5.41, 5.74) is 0. The van der Waals surface area contributed by atoms with Gasteiger partial charge in [-0.2, -0.15) is 4.31 Å². The van der Waals surface area contributed by atoms with Crippen molar-refractivity contribution in [3.8, 4) is 12.3 Å². The molecule has 0 bridgehead atoms. The zero-order valence-corrected chi connectivity index (χ0v) is 8.39. The van der Waals surface area contributed by atoms with Crippen LogP contribution in [0.15, 0.2) is 0 Å². The first-order chi connectivity index (χ1) is 5.54. The van der Waals surface area contributed by atoms with E-state index >= 15 is 0 Å². The smallest absolute Gasteiger partial charge is 0.212 e. The monoisotopic (exact) mass is 189 g/mol. The molecule has 4 heteroatoms. The summed E-state index contributed by atoms with van der Waals surface area (Å²) in [4.78, 5) is 0. The van der Waals surface area contributed by atoms with E-state index in [1.807, 2.05) is 6.92 Å². The highest BCUT2D eigenvalue weighted by atomic mass is 32.2. The zero-order chi connectivity index (χ0) is 9.61. The topological polar surface area (TPSA) is 37.4 Å². The number of hydrogen-bond acceptors (Lipinski definition) is 2. The minimum absolute atomic E-state index is 0.159. The largest absolute Gasteiger partial charge is 0.214 e. The summed E-state index contributed by atoms with van der Waals surface area (Å²) in [6, 6.07) is 0. The molecule has 12 heavy (non-hydrogen) atoms. The summed E-state index contributed by atoms with van der Waals surface area (Å²) in [6.45, 7) is 2.11. The van der Waals surface area contributed by atoms with E-state index in [4.69, 9.17) is 6.42 Å². The first-order valence-electron chi connectivity index (χ1n) is 3.92. The molecule has 0 fully saturated rings. The highest BCUT2D eigenvalue weighted by molar-refractivity contribution is 7.89. The first-order valence-corrected chi connectivity index (χ1v) is 5.53. The van der Waals surface area contributed by atoms with Gasteiger partial charge in [-0.15, -0.1) is 6.42 Å². The van der Waals surface area contributed by atoms with Crippen molar-refractivity contribution in [1.29, 1.82) is 0 Å². The van der Waals surface area contributed by atoms with Gasteiger partial charge in [-0.3, -0.25) is 0 Å². The summed E-state index contributed by atoms with van der Waals surface area (Å²) >= 11 is 0. The van der Waals surface area contributed by atoms with E-state index in [0.717, 1.165) is 6.42 Å². The fourth-order valence-electron chi connectivity index (χ4n) is 0.709. The van der Waals surface area contributed by atoms with Gasteiger partial charge in [0.15, 0.2) is 0 Å². The molecule has 0 rings (SSSR count). The van der Waals surface area contributed by atoms with E-state index in [0.29, 0.717) is 6.42 Å². The Balaban J connectivity index is 4.12. The Kier molecular flexibility index (Phi) is 4.95. The van der Waals surface area contributed by atoms with Crippen LogP contribution in [0.3, 0.4) is 0 Å². The third-order valence-corrected chi connectivity index (χ3v) is 3.43. The van der Waals surface area contributed by atoms with Crippen LogP contribution in [-0.4, -0.2) is 32.1 Å². The molecule has 0 saturated carbocycles. The molecule has 0 aromatic heterocycles. The van der Waals surface area contributed by atoms with Gasteiger partial charge in [0.05, 0.1) is 12.3 Å². The van der Waals surface area contributed by atoms with Gasteiger partial charge in [0, 0.05) is 7.05 Å². The molecule has 0 spiro atoms. The molecular formula is C8H15NO2S. The Morgan fingerprint density at radius 3 is 2.50 bits per heavy atom. The Morgan fingerprint density at radius 1 is 1.50 bits per heavy atom. The average Bonchev–Trinajstić information content (AvgIpc) is 2.01. The molecule has 0 aliphatic rings. The van der Waals surface area contributed by atoms with E-state index in [1.165, 1.54) is 11.4 Å². The Hall–Kier alpha value is -0.530. The summed E-state index contributed by atoms with van der Waals surface area (Å²) < 4.78 is 23.8. The average molecular weight is 189 g/mol. The molecule has 0 N–H and O–H groups in total. The standard InChI is InChI=1S/C8H15NO2S/c1-4-6-8-12(10,11)9(3)7-5-2/h2H,4,6-8H2,1,3H3. The Bertz CT molecular complexity index is 251. The third-order valence-electron chi connectivity index (χ3n) is 1.54. The fourth-order valence-corrected chi connectivity index (χ4v) is 1.95. The van der Waals surface area contributed by atoms with Gasteiger partial charge in [0.1, 0.15) is 0 Å². The lowest BCUT2D eigenvalue weighted by molar-refractivity contribution is 0.500. The highest BCUT2D eigenvalue weighted by Gasteiger charge is 2.14. The van der Waals surface area contributed by atoms with Crippen LogP contribution in [0, 0.1) is 12.3 Å². The van der Waals surface area contributed by atoms with Crippen LogP contribution in [0.1, 0.15) is 19.8 Å². The van der Waals surface area contributed by atoms with Gasteiger partial charge < -0.3 is 0 Å². The van der Waals surface area contributed by atoms with E-state index in [2.05, 4.69) is 5.92 Å². The molecule has 0 radical (unpaired) electrons. The zero-order valence-electron chi connectivity index (χ0n) is 7.58. The van der Waals surface area contributed by atoms with Crippen LogP contribution < -0.4 is 0 Å². The van der Waals surface area contributed by atoms with Gasteiger partial charge >= 0.3 is 0 Å². The minimum atomic E-state index is -3.09. The molecule has 0 atom stereocenters. The van der Waals surface area contributed by atoms with Gasteiger partial charge in [0.2, 0.25) is 10.0 Å². The number of rotatable bonds is 5. The van der Waals surface area contributed by atoms with Crippen molar-refractivity contribution in [2.24, 2.45) is 0 Å². The van der Waals surface area contributed by atoms with Gasteiger partial charge in [-0.05, 0) is 6.42 Å². The predicted octanol–water partition coefficient (Wildman–Crippen LogP) is 0.681. The molecule has 0 aromatic rings. The molecule has 70 valence electrons. The second-order valence-electron chi connectivity index (χ2n) is 2.63. The van der Waals surface area contributed by atoms with Crippen molar-refractivity contribution in [2.45, 2.75) is 19.8 Å². The lowest BCUT2D eigenvalue weighted by atomic mass is 10.4. The van der Waals surface area contributed by atoms with Crippen molar-refractivity contribution in [1.82, 2.24) is 4.31 Å². The second-order valence-corrected chi connectivity index (χ2v) is 4.83. The van der Waals surface area contributed by atoms with E-state index in [9.17, 15) is 8.42 Å². The van der Waals surface area contributed by atoms with E-state index in [1.54, 1.807) is 0 Å². The summed E-state index contributed by atoms with van der Waals surface area (Å²) in [5.74, 6) is 2.49. The van der Waals surface area contributed by atoms with Crippen molar-refractivity contribution < 1.29 is 8.42 Å². The molecule has 0 amide bonds. The lowest BCUT2D eigenvalue weighted by Crippen LogP contribution is -2.29. The maximum Gasteiger partial charge on any atom is 0.214 e. The van der Waals surface area contributed by atoms with Gasteiger partial charge in [-0.25, -0.2) is 8.42 Å². The number of unbranched alkanes of at least 4 members (excludes halogenated alkanes) is 1. The van der Waals surface area contributed by atoms with Crippen molar-refractivity contribution >= 4 is 10.0 Å². The maximum absolute atomic E-state index is 11.3. The second kappa shape index (κ2) is 5.18. The number of sulfonamides is 1. The maximum atomic E-state index is 11.3. The summed E-state index contributed by atoms with van der Waals surface area (Å²) in [5, 5.41) is 0. The van der Waals surface area contributed by atoms with E-state index in [-0.39, 0.29) is 12.3 Å². The van der Waals surface area contributed by atoms with Crippen LogP contribution >= 0.6 is 0 Å². The van der Waals surface area contributed by atoms with Crippen LogP contribution in [0.25, 0.3) is 0 Å². The Labute approximate surface area is 74.8 Å². The quantitative estimate of drug-likeness (QED) is 0.596. The first kappa shape index (κ1) is 11.5. The van der Waals surface area contributed by atoms with Gasteiger partial charge in [0.25, 0.3) is 0 Å². The molecule has 0 heterocycles. The predicted molar refractivity (Wildman–Crippen MR) is 50.2 cm³/mol. The van der Waals surface area contributed by atoms with Crippen molar-refractivity contribution in [3.05, 3.63) is 0 Å². The Morgan fingerprint density at radius 2 is 2.08 bits per heavy atom. The molecule has 0 aliphatic carbocycles. The minimum Gasteiger partial charge on any atom is -0.212 e. The molecule has 0 aromatic carbocycles. The molecule has 0 saturated heterocycles. The van der Waals surface area contributed by atoms with Crippen molar-refractivity contribution in [2.75, 3.05) is 19.3 Å². The van der Waals surface area contributed by atoms with Crippen molar-refractivity contribution in [3.63, 3.8) is 0 Å². The fraction of sp³-hybridized carbons (Fsp3) is 0.750. The van der Waals surface area contributed by atoms with E-state index < -0.39 is 10.0 Å².